The van der Waals surface area contributed by atoms with Crippen LogP contribution in [0.3, 0.4) is 0 Å². The van der Waals surface area contributed by atoms with Crippen LogP contribution in [0.15, 0.2) is 23.4 Å². The largest absolute Gasteiger partial charge is 0.369 e. The summed E-state index contributed by atoms with van der Waals surface area (Å²) in [6.45, 7) is 4.04. The average molecular weight is 298 g/mol. The molecule has 0 saturated carbocycles. The van der Waals surface area contributed by atoms with Crippen LogP contribution in [-0.2, 0) is 11.2 Å². The number of nitrogens with two attached hydrogens (primary N) is 1. The maximum atomic E-state index is 11.0. The Morgan fingerprint density at radius 3 is 2.89 bits per heavy atom. The molecule has 5 heteroatoms. The summed E-state index contributed by atoms with van der Waals surface area (Å²) in [5.41, 5.74) is 6.53. The van der Waals surface area contributed by atoms with Gasteiger partial charge in [0.1, 0.15) is 5.03 Å². The quantitative estimate of drug-likeness (QED) is 0.556. The van der Waals surface area contributed by atoms with Gasteiger partial charge in [0.2, 0.25) is 5.91 Å². The summed E-state index contributed by atoms with van der Waals surface area (Å²) < 4.78 is 0. The Hall–Kier alpha value is -0.680. The number of amides is 1. The topological polar surface area (TPSA) is 56.0 Å². The second kappa shape index (κ2) is 9.26. The number of carbonyl (C=O) groups excluding carboxylic acids is 1. The molecule has 1 amide bonds. The van der Waals surface area contributed by atoms with E-state index in [1.54, 1.807) is 17.0 Å². The zero-order chi connectivity index (χ0) is 14.1. The highest BCUT2D eigenvalue weighted by atomic mass is 33.1. The minimum absolute atomic E-state index is 0.194. The van der Waals surface area contributed by atoms with Gasteiger partial charge in [-0.25, -0.2) is 4.98 Å². The third kappa shape index (κ3) is 6.34. The van der Waals surface area contributed by atoms with Gasteiger partial charge in [-0.05, 0) is 42.2 Å². The number of unbranched alkanes of at least 4 members (excludes halogenated alkanes) is 3. The van der Waals surface area contributed by atoms with Crippen molar-refractivity contribution >= 4 is 27.5 Å². The van der Waals surface area contributed by atoms with E-state index in [2.05, 4.69) is 18.0 Å². The molecule has 106 valence electrons. The summed E-state index contributed by atoms with van der Waals surface area (Å²) in [7, 11) is 3.03. The van der Waals surface area contributed by atoms with Crippen LogP contribution in [0.4, 0.5) is 0 Å². The van der Waals surface area contributed by atoms with Crippen LogP contribution >= 0.6 is 21.6 Å². The third-order valence-corrected chi connectivity index (χ3v) is 5.59. The Balaban J connectivity index is 2.50. The Kier molecular flexibility index (Phi) is 7.98. The Morgan fingerprint density at radius 2 is 2.21 bits per heavy atom. The van der Waals surface area contributed by atoms with Crippen molar-refractivity contribution in [3.05, 3.63) is 23.9 Å². The molecule has 0 aliphatic carbocycles. The van der Waals surface area contributed by atoms with E-state index in [0.717, 1.165) is 11.4 Å². The van der Waals surface area contributed by atoms with Crippen LogP contribution < -0.4 is 5.73 Å². The SMILES string of the molecule is CCCCCCc1cccnc1SSC(C)C(N)=O. The number of aromatic nitrogens is 1. The average Bonchev–Trinajstić information content (AvgIpc) is 2.42. The zero-order valence-electron chi connectivity index (χ0n) is 11.6. The number of hydrogen-bond donors (Lipinski definition) is 1. The highest BCUT2D eigenvalue weighted by molar-refractivity contribution is 8.77. The fourth-order valence-electron chi connectivity index (χ4n) is 1.60. The lowest BCUT2D eigenvalue weighted by atomic mass is 10.1. The molecule has 3 nitrogen and oxygen atoms in total. The molecule has 0 saturated heterocycles. The number of carbonyl (C=O) groups is 1. The molecule has 19 heavy (non-hydrogen) atoms. The second-order valence-electron chi connectivity index (χ2n) is 4.50. The van der Waals surface area contributed by atoms with Gasteiger partial charge in [-0.15, -0.1) is 0 Å². The van der Waals surface area contributed by atoms with Crippen LogP contribution in [-0.4, -0.2) is 16.1 Å². The Bertz CT molecular complexity index is 399. The minimum atomic E-state index is -0.280. The van der Waals surface area contributed by atoms with E-state index in [1.165, 1.54) is 42.0 Å². The highest BCUT2D eigenvalue weighted by Crippen LogP contribution is 2.35. The van der Waals surface area contributed by atoms with Crippen molar-refractivity contribution in [1.29, 1.82) is 0 Å². The van der Waals surface area contributed by atoms with E-state index in [1.807, 2.05) is 13.0 Å². The van der Waals surface area contributed by atoms with Crippen LogP contribution in [0.2, 0.25) is 0 Å². The molecule has 0 fully saturated rings. The monoisotopic (exact) mass is 298 g/mol. The number of pyridine rings is 1. The maximum absolute atomic E-state index is 11.0. The summed E-state index contributed by atoms with van der Waals surface area (Å²) in [4.78, 5) is 15.4. The summed E-state index contributed by atoms with van der Waals surface area (Å²) >= 11 is 0. The summed E-state index contributed by atoms with van der Waals surface area (Å²) in [5.74, 6) is -0.280. The predicted octanol–water partition coefficient (Wildman–Crippen LogP) is 3.82. The normalized spacial score (nSPS) is 12.3. The smallest absolute Gasteiger partial charge is 0.231 e. The molecular formula is C14H22N2OS2. The predicted molar refractivity (Wildman–Crippen MR) is 84.2 cm³/mol. The van der Waals surface area contributed by atoms with E-state index in [-0.39, 0.29) is 11.2 Å². The molecule has 0 bridgehead atoms. The number of rotatable bonds is 9. The van der Waals surface area contributed by atoms with E-state index in [0.29, 0.717) is 0 Å². The zero-order valence-corrected chi connectivity index (χ0v) is 13.2. The first-order valence-electron chi connectivity index (χ1n) is 6.71. The number of primary amides is 1. The van der Waals surface area contributed by atoms with E-state index in [4.69, 9.17) is 5.73 Å². The number of hydrogen-bond acceptors (Lipinski definition) is 4. The lowest BCUT2D eigenvalue weighted by Crippen LogP contribution is -2.21. The molecule has 0 radical (unpaired) electrons. The fourth-order valence-corrected chi connectivity index (χ4v) is 3.75. The van der Waals surface area contributed by atoms with Gasteiger partial charge in [0, 0.05) is 6.20 Å². The molecule has 0 aliphatic heterocycles. The molecule has 0 aromatic carbocycles. The Morgan fingerprint density at radius 1 is 1.42 bits per heavy atom. The molecule has 1 rings (SSSR count). The van der Waals surface area contributed by atoms with Crippen molar-refractivity contribution in [3.8, 4) is 0 Å². The highest BCUT2D eigenvalue weighted by Gasteiger charge is 2.12. The lowest BCUT2D eigenvalue weighted by molar-refractivity contribution is -0.117. The molecule has 0 spiro atoms. The fraction of sp³-hybridized carbons (Fsp3) is 0.571. The molecule has 0 aliphatic rings. The van der Waals surface area contributed by atoms with E-state index in [9.17, 15) is 4.79 Å². The third-order valence-electron chi connectivity index (χ3n) is 2.82. The second-order valence-corrected chi connectivity index (χ2v) is 7.03. The summed E-state index contributed by atoms with van der Waals surface area (Å²) in [5, 5.41) is 0.817. The van der Waals surface area contributed by atoms with Crippen molar-refractivity contribution < 1.29 is 4.79 Å². The first-order chi connectivity index (χ1) is 9.15. The van der Waals surface area contributed by atoms with Crippen LogP contribution in [0.25, 0.3) is 0 Å². The summed E-state index contributed by atoms with van der Waals surface area (Å²) in [6, 6.07) is 4.10. The minimum Gasteiger partial charge on any atom is -0.369 e. The van der Waals surface area contributed by atoms with Gasteiger partial charge in [-0.1, -0.05) is 43.0 Å². The molecule has 1 heterocycles. The van der Waals surface area contributed by atoms with Gasteiger partial charge in [-0.3, -0.25) is 4.79 Å². The molecule has 1 aromatic heterocycles. The molecule has 2 N–H and O–H groups in total. The maximum Gasteiger partial charge on any atom is 0.231 e. The number of aryl methyl sites for hydroxylation is 1. The Labute approximate surface area is 123 Å². The molecule has 1 aromatic rings. The van der Waals surface area contributed by atoms with Crippen LogP contribution in [0.5, 0.6) is 0 Å². The van der Waals surface area contributed by atoms with Crippen molar-refractivity contribution in [2.45, 2.75) is 56.2 Å². The van der Waals surface area contributed by atoms with Crippen LogP contribution in [0.1, 0.15) is 45.1 Å². The van der Waals surface area contributed by atoms with Crippen molar-refractivity contribution in [1.82, 2.24) is 4.98 Å². The molecular weight excluding hydrogens is 276 g/mol. The van der Waals surface area contributed by atoms with Crippen molar-refractivity contribution in [2.24, 2.45) is 5.73 Å². The van der Waals surface area contributed by atoms with Gasteiger partial charge in [0.25, 0.3) is 0 Å². The molecule has 1 atom stereocenters. The molecule has 1 unspecified atom stereocenters. The van der Waals surface area contributed by atoms with Gasteiger partial charge in [0.05, 0.1) is 5.25 Å². The van der Waals surface area contributed by atoms with Gasteiger partial charge in [-0.2, -0.15) is 0 Å². The first-order valence-corrected chi connectivity index (χ1v) is 8.93. The van der Waals surface area contributed by atoms with Gasteiger partial charge in [0.15, 0.2) is 0 Å². The standard InChI is InChI=1S/C14H22N2OS2/c1-3-4-5-6-8-12-9-7-10-16-14(12)19-18-11(2)13(15)17/h7,9-11H,3-6,8H2,1-2H3,(H2,15,17). The lowest BCUT2D eigenvalue weighted by Gasteiger charge is -2.09. The van der Waals surface area contributed by atoms with Crippen molar-refractivity contribution in [3.63, 3.8) is 0 Å². The van der Waals surface area contributed by atoms with Crippen LogP contribution in [0, 0.1) is 0 Å². The van der Waals surface area contributed by atoms with E-state index < -0.39 is 0 Å². The van der Waals surface area contributed by atoms with E-state index >= 15 is 0 Å². The summed E-state index contributed by atoms with van der Waals surface area (Å²) in [6.07, 6.45) is 7.86. The van der Waals surface area contributed by atoms with Gasteiger partial charge < -0.3 is 5.73 Å². The van der Waals surface area contributed by atoms with Gasteiger partial charge >= 0.3 is 0 Å². The number of nitrogens with zero attached hydrogens (tertiary/aromatic N) is 1. The van der Waals surface area contributed by atoms with Crippen molar-refractivity contribution in [2.75, 3.05) is 0 Å². The first kappa shape index (κ1) is 16.4.